The summed E-state index contributed by atoms with van der Waals surface area (Å²) in [5.41, 5.74) is 4.42. The van der Waals surface area contributed by atoms with Gasteiger partial charge < -0.3 is 14.8 Å². The Bertz CT molecular complexity index is 1150. The number of nitrogens with zero attached hydrogens (tertiary/aromatic N) is 4. The fourth-order valence-electron chi connectivity index (χ4n) is 4.69. The Kier molecular flexibility index (Phi) is 6.03. The van der Waals surface area contributed by atoms with Gasteiger partial charge in [0.05, 0.1) is 43.0 Å². The maximum atomic E-state index is 13.5. The van der Waals surface area contributed by atoms with Gasteiger partial charge in [0.2, 0.25) is 0 Å². The van der Waals surface area contributed by atoms with Crippen LogP contribution in [0.2, 0.25) is 0 Å². The molecule has 0 radical (unpaired) electrons. The number of morpholine rings is 1. The molecular formula is C25H31N5O3. The molecule has 8 heteroatoms. The van der Waals surface area contributed by atoms with Crippen LogP contribution in [0.3, 0.4) is 0 Å². The summed E-state index contributed by atoms with van der Waals surface area (Å²) in [5.74, 6) is 1.20. The molecule has 8 nitrogen and oxygen atoms in total. The van der Waals surface area contributed by atoms with Crippen molar-refractivity contribution in [2.75, 3.05) is 40.0 Å². The third-order valence-electron chi connectivity index (χ3n) is 6.67. The number of ether oxygens (including phenoxy) is 2. The van der Waals surface area contributed by atoms with E-state index in [1.54, 1.807) is 11.8 Å². The van der Waals surface area contributed by atoms with Crippen molar-refractivity contribution < 1.29 is 14.3 Å². The van der Waals surface area contributed by atoms with Crippen LogP contribution in [0.1, 0.15) is 52.1 Å². The number of hydrogen-bond acceptors (Lipinski definition) is 6. The van der Waals surface area contributed by atoms with E-state index in [1.165, 1.54) is 0 Å². The summed E-state index contributed by atoms with van der Waals surface area (Å²) < 4.78 is 12.7. The summed E-state index contributed by atoms with van der Waals surface area (Å²) in [7, 11) is 3.55. The van der Waals surface area contributed by atoms with E-state index < -0.39 is 0 Å². The van der Waals surface area contributed by atoms with Gasteiger partial charge in [-0.15, -0.1) is 0 Å². The van der Waals surface area contributed by atoms with Crippen LogP contribution in [0.4, 0.5) is 0 Å². The molecule has 1 atom stereocenters. The minimum Gasteiger partial charge on any atom is -0.497 e. The van der Waals surface area contributed by atoms with Gasteiger partial charge in [-0.25, -0.2) is 4.98 Å². The quantitative estimate of drug-likeness (QED) is 0.597. The van der Waals surface area contributed by atoms with E-state index in [4.69, 9.17) is 14.5 Å². The predicted molar refractivity (Wildman–Crippen MR) is 126 cm³/mol. The molecule has 0 spiro atoms. The predicted octanol–water partition coefficient (Wildman–Crippen LogP) is 2.97. The van der Waals surface area contributed by atoms with Crippen molar-refractivity contribution in [1.29, 1.82) is 0 Å². The summed E-state index contributed by atoms with van der Waals surface area (Å²) in [4.78, 5) is 20.7. The number of benzene rings is 1. The van der Waals surface area contributed by atoms with Crippen LogP contribution in [-0.4, -0.2) is 65.5 Å². The van der Waals surface area contributed by atoms with E-state index in [1.807, 2.05) is 32.2 Å². The number of carbonyl (C=O) groups is 1. The van der Waals surface area contributed by atoms with Crippen LogP contribution >= 0.6 is 0 Å². The minimum absolute atomic E-state index is 0.0546. The van der Waals surface area contributed by atoms with Gasteiger partial charge in [0.1, 0.15) is 5.75 Å². The molecular weight excluding hydrogens is 418 g/mol. The number of methoxy groups -OCH3 is 1. The molecule has 1 saturated heterocycles. The molecule has 1 N–H and O–H groups in total. The second kappa shape index (κ2) is 9.11. The molecule has 5 rings (SSSR count). The van der Waals surface area contributed by atoms with Crippen molar-refractivity contribution in [2.45, 2.75) is 31.7 Å². The van der Waals surface area contributed by atoms with Crippen molar-refractivity contribution in [3.8, 4) is 5.75 Å². The maximum Gasteiger partial charge on any atom is 0.252 e. The number of fused-ring (bicyclic) bond motifs is 1. The first-order chi connectivity index (χ1) is 16.0. The molecule has 2 fully saturated rings. The third kappa shape index (κ3) is 4.45. The van der Waals surface area contributed by atoms with Gasteiger partial charge in [-0.3, -0.25) is 14.4 Å². The molecule has 1 aliphatic heterocycles. The second-order valence-electron chi connectivity index (χ2n) is 8.92. The molecule has 1 unspecified atom stereocenters. The highest BCUT2D eigenvalue weighted by Gasteiger charge is 2.29. The smallest absolute Gasteiger partial charge is 0.252 e. The molecule has 174 valence electrons. The Morgan fingerprint density at radius 2 is 1.97 bits per heavy atom. The van der Waals surface area contributed by atoms with Crippen LogP contribution in [-0.2, 0) is 11.8 Å². The van der Waals surface area contributed by atoms with Crippen LogP contribution in [0, 0.1) is 6.92 Å². The van der Waals surface area contributed by atoms with Crippen molar-refractivity contribution in [2.24, 2.45) is 7.05 Å². The van der Waals surface area contributed by atoms with Crippen LogP contribution in [0.15, 0.2) is 30.3 Å². The van der Waals surface area contributed by atoms with Crippen molar-refractivity contribution in [1.82, 2.24) is 25.0 Å². The molecule has 1 amide bonds. The minimum atomic E-state index is -0.0767. The van der Waals surface area contributed by atoms with Crippen LogP contribution in [0.25, 0.3) is 11.0 Å². The molecule has 0 bridgehead atoms. The van der Waals surface area contributed by atoms with Gasteiger partial charge >= 0.3 is 0 Å². The zero-order valence-corrected chi connectivity index (χ0v) is 19.5. The maximum absolute atomic E-state index is 13.5. The zero-order chi connectivity index (χ0) is 22.9. The van der Waals surface area contributed by atoms with Gasteiger partial charge in [-0.1, -0.05) is 12.1 Å². The molecule has 2 aliphatic rings. The summed E-state index contributed by atoms with van der Waals surface area (Å²) in [6, 6.07) is 10.1. The lowest BCUT2D eigenvalue weighted by Crippen LogP contribution is -2.43. The Morgan fingerprint density at radius 1 is 1.24 bits per heavy atom. The molecule has 1 aromatic carbocycles. The third-order valence-corrected chi connectivity index (χ3v) is 6.67. The molecule has 33 heavy (non-hydrogen) atoms. The summed E-state index contributed by atoms with van der Waals surface area (Å²) in [5, 5.41) is 8.59. The number of carbonyl (C=O) groups excluding carboxylic acids is 1. The molecule has 2 aromatic heterocycles. The lowest BCUT2D eigenvalue weighted by atomic mass is 10.0. The number of aromatic nitrogens is 3. The highest BCUT2D eigenvalue weighted by Crippen LogP contribution is 2.40. The molecule has 3 heterocycles. The summed E-state index contributed by atoms with van der Waals surface area (Å²) >= 11 is 0. The van der Waals surface area contributed by atoms with Crippen LogP contribution < -0.4 is 10.1 Å². The largest absolute Gasteiger partial charge is 0.497 e. The van der Waals surface area contributed by atoms with E-state index in [0.717, 1.165) is 59.7 Å². The molecule has 1 saturated carbocycles. The number of nitrogens with one attached hydrogen (secondary N) is 1. The lowest BCUT2D eigenvalue weighted by molar-refractivity contribution is 0.0162. The number of hydrogen-bond donors (Lipinski definition) is 1. The van der Waals surface area contributed by atoms with Crippen molar-refractivity contribution in [3.63, 3.8) is 0 Å². The van der Waals surface area contributed by atoms with Crippen molar-refractivity contribution >= 4 is 16.9 Å². The average Bonchev–Trinajstić information content (AvgIpc) is 3.65. The van der Waals surface area contributed by atoms with Gasteiger partial charge in [-0.05, 0) is 43.5 Å². The van der Waals surface area contributed by atoms with E-state index in [0.29, 0.717) is 31.2 Å². The van der Waals surface area contributed by atoms with E-state index >= 15 is 0 Å². The highest BCUT2D eigenvalue weighted by molar-refractivity contribution is 6.06. The second-order valence-corrected chi connectivity index (χ2v) is 8.92. The monoisotopic (exact) mass is 449 g/mol. The number of rotatable bonds is 7. The number of aryl methyl sites for hydroxylation is 2. The van der Waals surface area contributed by atoms with Crippen molar-refractivity contribution in [3.05, 3.63) is 52.8 Å². The topological polar surface area (TPSA) is 81.5 Å². The number of pyridine rings is 1. The van der Waals surface area contributed by atoms with Gasteiger partial charge in [0, 0.05) is 38.3 Å². The fraction of sp³-hybridized carbons (Fsp3) is 0.480. The van der Waals surface area contributed by atoms with Gasteiger partial charge in [-0.2, -0.15) is 5.10 Å². The molecule has 3 aromatic rings. The van der Waals surface area contributed by atoms with E-state index in [9.17, 15) is 4.79 Å². The fourth-order valence-corrected chi connectivity index (χ4v) is 4.69. The Hall–Kier alpha value is -2.97. The Labute approximate surface area is 193 Å². The normalized spacial score (nSPS) is 17.8. The van der Waals surface area contributed by atoms with E-state index in [-0.39, 0.29) is 11.9 Å². The first-order valence-corrected chi connectivity index (χ1v) is 11.6. The van der Waals surface area contributed by atoms with Gasteiger partial charge in [0.25, 0.3) is 5.91 Å². The summed E-state index contributed by atoms with van der Waals surface area (Å²) in [6.07, 6.45) is 2.26. The van der Waals surface area contributed by atoms with E-state index in [2.05, 4.69) is 27.4 Å². The average molecular weight is 450 g/mol. The Morgan fingerprint density at radius 3 is 2.64 bits per heavy atom. The standard InChI is InChI=1S/C25H31N5O3/c1-16-23-20(14-21(17-4-5-17)27-24(23)29(2)28-16)25(31)26-15-22(30-10-12-33-13-11-30)18-6-8-19(32-3)9-7-18/h6-9,14,17,22H,4-5,10-13,15H2,1-3H3,(H,26,31). The highest BCUT2D eigenvalue weighted by atomic mass is 16.5. The zero-order valence-electron chi connectivity index (χ0n) is 19.5. The SMILES string of the molecule is COc1ccc(C(CNC(=O)c2cc(C3CC3)nc3c2c(C)nn3C)N2CCOCC2)cc1. The number of amides is 1. The Balaban J connectivity index is 1.42. The first-order valence-electron chi connectivity index (χ1n) is 11.6. The lowest BCUT2D eigenvalue weighted by Gasteiger charge is -2.35. The summed E-state index contributed by atoms with van der Waals surface area (Å²) in [6.45, 7) is 5.51. The first kappa shape index (κ1) is 21.9. The molecule has 1 aliphatic carbocycles. The van der Waals surface area contributed by atoms with Gasteiger partial charge in [0.15, 0.2) is 5.65 Å². The van der Waals surface area contributed by atoms with Crippen LogP contribution in [0.5, 0.6) is 5.75 Å².